The van der Waals surface area contributed by atoms with E-state index in [0.29, 0.717) is 31.0 Å². The van der Waals surface area contributed by atoms with Crippen molar-refractivity contribution in [2.45, 2.75) is 191 Å². The lowest BCUT2D eigenvalue weighted by Gasteiger charge is -2.49. The molecule has 10 atom stereocenters. The van der Waals surface area contributed by atoms with Gasteiger partial charge >= 0.3 is 11.9 Å². The SMILES string of the molecule is CCCCCC1(CCCCC)O[C@@H]2[C@H]3ON(Cc4ccccc4C=CC4CCC5OC5C4)[C@H]4C(=O)OC(CC34C(=O)N[C@H](CO)CCC(=O)OC(C)(C)C)[C@@H]2O1. The van der Waals surface area contributed by atoms with E-state index in [1.165, 1.54) is 0 Å². The summed E-state index contributed by atoms with van der Waals surface area (Å²) in [5.41, 5.74) is -0.101. The van der Waals surface area contributed by atoms with Gasteiger partial charge in [0.2, 0.25) is 5.91 Å². The van der Waals surface area contributed by atoms with Crippen molar-refractivity contribution in [3.63, 3.8) is 0 Å². The van der Waals surface area contributed by atoms with Gasteiger partial charge in [0, 0.05) is 25.7 Å². The molecule has 12 nitrogen and oxygen atoms in total. The summed E-state index contributed by atoms with van der Waals surface area (Å²) in [4.78, 5) is 48.8. The fourth-order valence-electron chi connectivity index (χ4n) is 9.77. The highest BCUT2D eigenvalue weighted by Gasteiger charge is 2.76. The van der Waals surface area contributed by atoms with E-state index in [1.807, 2.05) is 18.2 Å². The number of aliphatic hydroxyl groups is 1. The van der Waals surface area contributed by atoms with Crippen molar-refractivity contribution in [2.75, 3.05) is 6.61 Å². The van der Waals surface area contributed by atoms with Gasteiger partial charge in [-0.1, -0.05) is 75.9 Å². The summed E-state index contributed by atoms with van der Waals surface area (Å²) in [6, 6.07) is 6.23. The highest BCUT2D eigenvalue weighted by molar-refractivity contribution is 5.93. The number of ether oxygens (including phenoxy) is 5. The maximum absolute atomic E-state index is 15.0. The molecule has 2 saturated carbocycles. The van der Waals surface area contributed by atoms with Crippen LogP contribution in [0.3, 0.4) is 0 Å². The molecular weight excluding hydrogens is 716 g/mol. The number of hydrogen-bond acceptors (Lipinski definition) is 11. The van der Waals surface area contributed by atoms with Crippen LogP contribution in [0.1, 0.15) is 136 Å². The van der Waals surface area contributed by atoms with Crippen LogP contribution in [-0.4, -0.2) is 94.7 Å². The molecule has 7 rings (SSSR count). The van der Waals surface area contributed by atoms with Gasteiger partial charge in [-0.05, 0) is 76.3 Å². The Bertz CT molecular complexity index is 1580. The standard InChI is InChI=1S/C44H64N2O10/c1-6-8-12-22-43(23-13-9-7-2)54-36-34-25-44(41(50)45-31(27-47)19-21-35(48)53-42(3,4)5)38(40(49)52-34)46(56-39(44)37(36)55-43)26-30-15-11-10-14-29(30)18-16-28-17-20-32-33(24-28)51-32/h10-11,14-16,18,28,31-34,36-39,47H,6-9,12-13,17,19-27H2,1-5H3,(H,45,50)/t28?,31-,32?,33?,34?,36-,37-,38-,39+,44?/m0/s1. The Labute approximate surface area is 332 Å². The minimum absolute atomic E-state index is 0.00896. The van der Waals surface area contributed by atoms with Gasteiger partial charge in [-0.3, -0.25) is 19.2 Å². The zero-order chi connectivity index (χ0) is 39.7. The second-order valence-corrected chi connectivity index (χ2v) is 18.0. The van der Waals surface area contributed by atoms with Gasteiger partial charge < -0.3 is 34.1 Å². The number of nitrogens with one attached hydrogen (secondary N) is 1. The molecule has 0 spiro atoms. The normalized spacial score (nSPS) is 33.4. The first kappa shape index (κ1) is 41.3. The monoisotopic (exact) mass is 780 g/mol. The zero-order valence-corrected chi connectivity index (χ0v) is 34.0. The fourth-order valence-corrected chi connectivity index (χ4v) is 9.77. The topological polar surface area (TPSA) is 145 Å². The summed E-state index contributed by atoms with van der Waals surface area (Å²) in [5.74, 6) is -1.83. The molecule has 1 aromatic rings. The average molecular weight is 781 g/mol. The Hall–Kier alpha value is -2.87. The number of carbonyl (C=O) groups excluding carboxylic acids is 3. The third-order valence-corrected chi connectivity index (χ3v) is 12.6. The third-order valence-electron chi connectivity index (χ3n) is 12.6. The number of unbranched alkanes of at least 4 members (excludes halogenated alkanes) is 4. The lowest BCUT2D eigenvalue weighted by atomic mass is 9.62. The van der Waals surface area contributed by atoms with Crippen molar-refractivity contribution in [1.82, 2.24) is 10.4 Å². The number of aliphatic hydroxyl groups excluding tert-OH is 1. The quantitative estimate of drug-likeness (QED) is 0.0983. The molecule has 4 heterocycles. The summed E-state index contributed by atoms with van der Waals surface area (Å²) in [6.07, 6.45) is 13.4. The molecule has 2 N–H and O–H groups in total. The van der Waals surface area contributed by atoms with E-state index in [-0.39, 0.29) is 25.8 Å². The summed E-state index contributed by atoms with van der Waals surface area (Å²) in [6.45, 7) is 9.56. The Morgan fingerprint density at radius 2 is 1.75 bits per heavy atom. The maximum Gasteiger partial charge on any atom is 0.327 e. The van der Waals surface area contributed by atoms with Crippen LogP contribution in [0.4, 0.5) is 0 Å². The van der Waals surface area contributed by atoms with Gasteiger partial charge in [0.15, 0.2) is 11.8 Å². The molecule has 12 heteroatoms. The van der Waals surface area contributed by atoms with Gasteiger partial charge in [0.05, 0.1) is 31.4 Å². The minimum atomic E-state index is -1.40. The number of benzene rings is 1. The molecule has 6 fully saturated rings. The van der Waals surface area contributed by atoms with Gasteiger partial charge in [-0.25, -0.2) is 0 Å². The molecule has 6 aliphatic rings. The second-order valence-electron chi connectivity index (χ2n) is 18.0. The first-order valence-corrected chi connectivity index (χ1v) is 21.4. The van der Waals surface area contributed by atoms with Crippen molar-refractivity contribution in [2.24, 2.45) is 11.3 Å². The van der Waals surface area contributed by atoms with Crippen LogP contribution in [0.15, 0.2) is 30.3 Å². The number of fused-ring (bicyclic) bond motifs is 5. The molecule has 310 valence electrons. The Morgan fingerprint density at radius 1 is 1.02 bits per heavy atom. The van der Waals surface area contributed by atoms with Crippen molar-refractivity contribution in [3.8, 4) is 0 Å². The molecule has 0 aromatic heterocycles. The number of nitrogens with zero attached hydrogens (tertiary/aromatic N) is 1. The highest BCUT2D eigenvalue weighted by Crippen LogP contribution is 2.58. The van der Waals surface area contributed by atoms with E-state index in [4.69, 9.17) is 28.5 Å². The van der Waals surface area contributed by atoms with Crippen LogP contribution in [0.2, 0.25) is 0 Å². The number of allylic oxidation sites excluding steroid dienone is 1. The third kappa shape index (κ3) is 8.76. The predicted molar refractivity (Wildman–Crippen MR) is 207 cm³/mol. The van der Waals surface area contributed by atoms with Gasteiger partial charge in [-0.15, -0.1) is 0 Å². The Morgan fingerprint density at radius 3 is 2.45 bits per heavy atom. The summed E-state index contributed by atoms with van der Waals surface area (Å²) < 4.78 is 31.4. The summed E-state index contributed by atoms with van der Waals surface area (Å²) in [5, 5.41) is 15.1. The smallest absolute Gasteiger partial charge is 0.327 e. The summed E-state index contributed by atoms with van der Waals surface area (Å²) in [7, 11) is 0. The van der Waals surface area contributed by atoms with E-state index in [9.17, 15) is 19.5 Å². The molecule has 0 radical (unpaired) electrons. The molecule has 2 bridgehead atoms. The van der Waals surface area contributed by atoms with E-state index in [0.717, 1.165) is 68.9 Å². The fraction of sp³-hybridized carbons (Fsp3) is 0.750. The van der Waals surface area contributed by atoms with Crippen LogP contribution in [0.25, 0.3) is 6.08 Å². The molecule has 1 amide bonds. The Kier molecular flexibility index (Phi) is 12.7. The van der Waals surface area contributed by atoms with E-state index >= 15 is 0 Å². The first-order valence-electron chi connectivity index (χ1n) is 21.4. The Balaban J connectivity index is 1.18. The predicted octanol–water partition coefficient (Wildman–Crippen LogP) is 6.31. The molecule has 56 heavy (non-hydrogen) atoms. The molecule has 4 aliphatic heterocycles. The van der Waals surface area contributed by atoms with Crippen LogP contribution >= 0.6 is 0 Å². The summed E-state index contributed by atoms with van der Waals surface area (Å²) >= 11 is 0. The van der Waals surface area contributed by atoms with Gasteiger partial charge in [-0.2, -0.15) is 5.06 Å². The largest absolute Gasteiger partial charge is 0.460 e. The first-order chi connectivity index (χ1) is 26.9. The van der Waals surface area contributed by atoms with Crippen LogP contribution in [0, 0.1) is 11.3 Å². The van der Waals surface area contributed by atoms with Gasteiger partial charge in [0.25, 0.3) is 0 Å². The zero-order valence-electron chi connectivity index (χ0n) is 34.0. The number of amides is 1. The van der Waals surface area contributed by atoms with E-state index in [2.05, 4.69) is 37.4 Å². The number of carbonyl (C=O) groups is 3. The lowest BCUT2D eigenvalue weighted by Crippen LogP contribution is -2.70. The lowest BCUT2D eigenvalue weighted by molar-refractivity contribution is -0.224. The number of hydrogen-bond donors (Lipinski definition) is 2. The minimum Gasteiger partial charge on any atom is -0.460 e. The van der Waals surface area contributed by atoms with Crippen LogP contribution < -0.4 is 5.32 Å². The number of epoxide rings is 1. The van der Waals surface area contributed by atoms with Crippen LogP contribution in [0.5, 0.6) is 0 Å². The molecule has 5 unspecified atom stereocenters. The molecule has 4 saturated heterocycles. The van der Waals surface area contributed by atoms with Gasteiger partial charge in [0.1, 0.15) is 35.4 Å². The van der Waals surface area contributed by atoms with Crippen molar-refractivity contribution >= 4 is 23.9 Å². The van der Waals surface area contributed by atoms with Crippen LogP contribution in [-0.2, 0) is 49.5 Å². The molecule has 2 aliphatic carbocycles. The highest BCUT2D eigenvalue weighted by atomic mass is 16.8. The number of rotatable bonds is 18. The van der Waals surface area contributed by atoms with E-state index < -0.39 is 77.8 Å². The maximum atomic E-state index is 15.0. The number of esters is 2. The van der Waals surface area contributed by atoms with Crippen molar-refractivity contribution < 1.29 is 48.0 Å². The molecular formula is C44H64N2O10. The van der Waals surface area contributed by atoms with Crippen molar-refractivity contribution in [1.29, 1.82) is 0 Å². The van der Waals surface area contributed by atoms with E-state index in [1.54, 1.807) is 25.8 Å². The average Bonchev–Trinajstić information content (AvgIpc) is 3.70. The second kappa shape index (κ2) is 17.2. The van der Waals surface area contributed by atoms with Crippen molar-refractivity contribution in [3.05, 3.63) is 41.5 Å². The molecule has 1 aromatic carbocycles. The number of hydroxylamine groups is 2.